The van der Waals surface area contributed by atoms with Crippen LogP contribution in [0.15, 0.2) is 42.5 Å². The minimum atomic E-state index is -0.717. The fourth-order valence-electron chi connectivity index (χ4n) is 5.36. The molecule has 192 valence electrons. The molecule has 1 aliphatic carbocycles. The van der Waals surface area contributed by atoms with Gasteiger partial charge in [0.05, 0.1) is 11.6 Å². The summed E-state index contributed by atoms with van der Waals surface area (Å²) in [5.41, 5.74) is 1.60. The first kappa shape index (κ1) is 26.2. The van der Waals surface area contributed by atoms with Crippen molar-refractivity contribution in [3.05, 3.63) is 59.4 Å². The second-order valence-corrected chi connectivity index (χ2v) is 10.9. The third kappa shape index (κ3) is 5.44. The van der Waals surface area contributed by atoms with E-state index >= 15 is 0 Å². The van der Waals surface area contributed by atoms with Crippen LogP contribution in [0.2, 0.25) is 0 Å². The number of piperidine rings is 1. The van der Waals surface area contributed by atoms with Crippen LogP contribution in [0, 0.1) is 34.4 Å². The number of ether oxygens (including phenoxy) is 1. The highest BCUT2D eigenvalue weighted by atomic mass is 19.1. The Morgan fingerprint density at radius 2 is 1.81 bits per heavy atom. The summed E-state index contributed by atoms with van der Waals surface area (Å²) in [6.07, 6.45) is 2.35. The van der Waals surface area contributed by atoms with Crippen LogP contribution >= 0.6 is 0 Å². The van der Waals surface area contributed by atoms with Gasteiger partial charge in [-0.15, -0.1) is 0 Å². The monoisotopic (exact) mass is 502 g/mol. The van der Waals surface area contributed by atoms with Gasteiger partial charge in [0.25, 0.3) is 0 Å². The van der Waals surface area contributed by atoms with E-state index in [9.17, 15) is 19.2 Å². The van der Waals surface area contributed by atoms with Crippen LogP contribution < -0.4 is 0 Å². The van der Waals surface area contributed by atoms with Gasteiger partial charge in [0.15, 0.2) is 0 Å². The molecule has 1 aliphatic heterocycles. The third-order valence-corrected chi connectivity index (χ3v) is 7.21. The van der Waals surface area contributed by atoms with E-state index in [1.807, 2.05) is 30.3 Å². The van der Waals surface area contributed by atoms with Crippen molar-refractivity contribution < 1.29 is 18.7 Å². The highest BCUT2D eigenvalue weighted by molar-refractivity contribution is 5.87. The van der Waals surface area contributed by atoms with Gasteiger partial charge in [-0.3, -0.25) is 9.69 Å². The molecule has 4 rings (SSSR count). The number of halogens is 1. The first-order valence-corrected chi connectivity index (χ1v) is 12.5. The van der Waals surface area contributed by atoms with Crippen LogP contribution in [0.3, 0.4) is 0 Å². The van der Waals surface area contributed by atoms with Crippen LogP contribution in [0.5, 0.6) is 0 Å². The van der Waals surface area contributed by atoms with Crippen molar-refractivity contribution in [3.8, 4) is 23.3 Å². The highest BCUT2D eigenvalue weighted by Crippen LogP contribution is 2.44. The zero-order valence-corrected chi connectivity index (χ0v) is 21.6. The Kier molecular flexibility index (Phi) is 7.23. The number of nitrogens with zero attached hydrogens (tertiary/aromatic N) is 4. The number of carbonyl (C=O) groups excluding carboxylic acids is 2. The summed E-state index contributed by atoms with van der Waals surface area (Å²) < 4.78 is 19.6. The Bertz CT molecular complexity index is 1270. The first-order chi connectivity index (χ1) is 17.5. The smallest absolute Gasteiger partial charge is 0.411 e. The van der Waals surface area contributed by atoms with E-state index in [0.717, 1.165) is 30.4 Å². The zero-order chi connectivity index (χ0) is 26.9. The molecule has 1 saturated carbocycles. The Morgan fingerprint density at radius 3 is 2.41 bits per heavy atom. The summed E-state index contributed by atoms with van der Waals surface area (Å²) in [7, 11) is 1.61. The summed E-state index contributed by atoms with van der Waals surface area (Å²) in [5.74, 6) is -0.747. The van der Waals surface area contributed by atoms with Crippen LogP contribution in [0.4, 0.5) is 9.18 Å². The van der Waals surface area contributed by atoms with E-state index in [1.54, 1.807) is 38.8 Å². The summed E-state index contributed by atoms with van der Waals surface area (Å²) in [5, 5.41) is 18.8. The largest absolute Gasteiger partial charge is 0.444 e. The summed E-state index contributed by atoms with van der Waals surface area (Å²) in [4.78, 5) is 29.6. The Labute approximate surface area is 217 Å². The predicted octanol–water partition coefficient (Wildman–Crippen LogP) is 5.05. The van der Waals surface area contributed by atoms with Crippen molar-refractivity contribution >= 4 is 12.0 Å². The molecule has 4 atom stereocenters. The molecular formula is C29H31FN4O3. The van der Waals surface area contributed by atoms with Gasteiger partial charge in [-0.25, -0.2) is 9.18 Å². The van der Waals surface area contributed by atoms with E-state index in [-0.39, 0.29) is 23.4 Å². The molecule has 8 heteroatoms. The molecule has 1 heterocycles. The van der Waals surface area contributed by atoms with Crippen LogP contribution in [0.1, 0.15) is 51.2 Å². The number of rotatable bonds is 5. The van der Waals surface area contributed by atoms with Crippen molar-refractivity contribution in [3.63, 3.8) is 0 Å². The van der Waals surface area contributed by atoms with Crippen LogP contribution in [-0.4, -0.2) is 52.6 Å². The summed E-state index contributed by atoms with van der Waals surface area (Å²) in [6.45, 7) is 5.41. The quantitative estimate of drug-likeness (QED) is 0.570. The lowest BCUT2D eigenvalue weighted by molar-refractivity contribution is -0.138. The third-order valence-electron chi connectivity index (χ3n) is 7.21. The number of fused-ring (bicyclic) bond motifs is 2. The van der Waals surface area contributed by atoms with Gasteiger partial charge in [-0.2, -0.15) is 10.5 Å². The van der Waals surface area contributed by atoms with E-state index in [4.69, 9.17) is 10.00 Å². The lowest BCUT2D eigenvalue weighted by Gasteiger charge is -2.38. The maximum Gasteiger partial charge on any atom is 0.411 e. The predicted molar refractivity (Wildman–Crippen MR) is 135 cm³/mol. The maximum absolute atomic E-state index is 14.0. The molecule has 2 aliphatic rings. The van der Waals surface area contributed by atoms with Gasteiger partial charge in [0, 0.05) is 19.5 Å². The molecular weight excluding hydrogens is 471 g/mol. The zero-order valence-electron chi connectivity index (χ0n) is 21.6. The van der Waals surface area contributed by atoms with Crippen molar-refractivity contribution in [2.24, 2.45) is 5.92 Å². The molecule has 0 radical (unpaired) electrons. The molecule has 2 aromatic rings. The fraction of sp³-hybridized carbons (Fsp3) is 0.448. The highest BCUT2D eigenvalue weighted by Gasteiger charge is 2.53. The van der Waals surface area contributed by atoms with E-state index < -0.39 is 29.6 Å². The molecule has 2 bridgehead atoms. The van der Waals surface area contributed by atoms with Gasteiger partial charge >= 0.3 is 6.09 Å². The van der Waals surface area contributed by atoms with E-state index in [0.29, 0.717) is 12.0 Å². The first-order valence-electron chi connectivity index (χ1n) is 12.5. The number of likely N-dealkylation sites (N-methyl/N-ethyl adjacent to an activating group) is 1. The Balaban J connectivity index is 1.47. The summed E-state index contributed by atoms with van der Waals surface area (Å²) >= 11 is 0. The topological polar surface area (TPSA) is 97.4 Å². The summed E-state index contributed by atoms with van der Waals surface area (Å²) in [6, 6.07) is 14.5. The van der Waals surface area contributed by atoms with Gasteiger partial charge in [-0.05, 0) is 74.8 Å². The molecule has 0 spiro atoms. The van der Waals surface area contributed by atoms with Gasteiger partial charge in [0.2, 0.25) is 5.91 Å². The molecule has 0 aromatic heterocycles. The lowest BCUT2D eigenvalue weighted by atomic mass is 9.96. The minimum Gasteiger partial charge on any atom is -0.444 e. The second-order valence-electron chi connectivity index (χ2n) is 10.9. The molecule has 7 nitrogen and oxygen atoms in total. The number of hydrogen-bond donors (Lipinski definition) is 0. The van der Waals surface area contributed by atoms with Crippen LogP contribution in [-0.2, 0) is 16.0 Å². The molecule has 37 heavy (non-hydrogen) atoms. The maximum atomic E-state index is 14.0. The second kappa shape index (κ2) is 10.2. The molecule has 0 N–H and O–H groups in total. The Morgan fingerprint density at radius 1 is 1.14 bits per heavy atom. The van der Waals surface area contributed by atoms with Crippen molar-refractivity contribution in [2.75, 3.05) is 7.05 Å². The van der Waals surface area contributed by atoms with Crippen LogP contribution in [0.25, 0.3) is 11.1 Å². The van der Waals surface area contributed by atoms with Gasteiger partial charge < -0.3 is 9.64 Å². The average Bonchev–Trinajstić information content (AvgIpc) is 3.48. The number of carbonyl (C=O) groups is 2. The molecule has 0 unspecified atom stereocenters. The van der Waals surface area contributed by atoms with E-state index in [1.165, 1.54) is 17.0 Å². The van der Waals surface area contributed by atoms with Gasteiger partial charge in [0.1, 0.15) is 29.6 Å². The molecule has 2 aromatic carbocycles. The normalized spacial score (nSPS) is 21.2. The average molecular weight is 503 g/mol. The molecule has 2 amide bonds. The standard InChI is InChI=1S/C29H31FN4O3/c1-29(2,3)37-28(36)34-23-12-11-21(14-23)26(34)27(35)33(4)24(17-32)13-18-5-7-19(8-6-18)20-9-10-22(16-31)25(30)15-20/h5-10,15,21,23-24,26H,11-14H2,1-4H3/t21-,23+,24-,26-/m0/s1. The van der Waals surface area contributed by atoms with Crippen molar-refractivity contribution in [2.45, 2.75) is 70.2 Å². The number of nitriles is 2. The minimum absolute atomic E-state index is 0.00865. The number of hydrogen-bond acceptors (Lipinski definition) is 5. The van der Waals surface area contributed by atoms with E-state index in [2.05, 4.69) is 6.07 Å². The lowest BCUT2D eigenvalue weighted by Crippen LogP contribution is -2.55. The van der Waals surface area contributed by atoms with Gasteiger partial charge in [-0.1, -0.05) is 30.3 Å². The molecule has 2 fully saturated rings. The van der Waals surface area contributed by atoms with Crippen molar-refractivity contribution in [1.29, 1.82) is 10.5 Å². The SMILES string of the molecule is CN(C(=O)[C@@H]1[C@H]2CC[C@H](C2)N1C(=O)OC(C)(C)C)[C@H](C#N)Cc1ccc(-c2ccc(C#N)c(F)c2)cc1. The number of amides is 2. The molecule has 1 saturated heterocycles. The van der Waals surface area contributed by atoms with Crippen molar-refractivity contribution in [1.82, 2.24) is 9.80 Å². The number of likely N-dealkylation sites (tertiary alicyclic amines) is 1. The number of benzene rings is 2. The fourth-order valence-corrected chi connectivity index (χ4v) is 5.36. The Hall–Kier alpha value is -3.91.